The largest absolute Gasteiger partial charge is 0.444 e. The van der Waals surface area contributed by atoms with Crippen LogP contribution in [0.2, 0.25) is 0 Å². The molecule has 1 atom stereocenters. The van der Waals surface area contributed by atoms with Gasteiger partial charge < -0.3 is 15.4 Å². The van der Waals surface area contributed by atoms with Gasteiger partial charge in [-0.15, -0.1) is 11.3 Å². The second-order valence-electron chi connectivity index (χ2n) is 7.03. The van der Waals surface area contributed by atoms with Gasteiger partial charge in [-0.25, -0.2) is 4.79 Å². The molecule has 5 heteroatoms. The first-order chi connectivity index (χ1) is 10.4. The first kappa shape index (κ1) is 17.3. The Bertz CT molecular complexity index is 462. The van der Waals surface area contributed by atoms with Crippen LogP contribution in [0.3, 0.4) is 0 Å². The lowest BCUT2D eigenvalue weighted by Crippen LogP contribution is -2.53. The summed E-state index contributed by atoms with van der Waals surface area (Å²) in [5.41, 5.74) is -0.434. The minimum atomic E-state index is -0.434. The van der Waals surface area contributed by atoms with E-state index in [1.807, 2.05) is 32.1 Å². The highest BCUT2D eigenvalue weighted by molar-refractivity contribution is 7.10. The minimum absolute atomic E-state index is 0.234. The molecule has 0 bridgehead atoms. The molecule has 0 saturated heterocycles. The summed E-state index contributed by atoms with van der Waals surface area (Å²) in [4.78, 5) is 13.1. The van der Waals surface area contributed by atoms with Gasteiger partial charge in [0.15, 0.2) is 0 Å². The molecule has 1 fully saturated rings. The van der Waals surface area contributed by atoms with Crippen molar-refractivity contribution < 1.29 is 9.53 Å². The van der Waals surface area contributed by atoms with Gasteiger partial charge in [0, 0.05) is 23.0 Å². The molecule has 1 amide bonds. The maximum Gasteiger partial charge on any atom is 0.407 e. The highest BCUT2D eigenvalue weighted by atomic mass is 32.1. The Morgan fingerprint density at radius 2 is 2.14 bits per heavy atom. The summed E-state index contributed by atoms with van der Waals surface area (Å²) in [5, 5.41) is 8.80. The zero-order valence-electron chi connectivity index (χ0n) is 14.0. The predicted molar refractivity (Wildman–Crippen MR) is 91.3 cm³/mol. The first-order valence-corrected chi connectivity index (χ1v) is 9.04. The Balaban J connectivity index is 1.73. The van der Waals surface area contributed by atoms with E-state index in [4.69, 9.17) is 4.74 Å². The third kappa shape index (κ3) is 5.29. The van der Waals surface area contributed by atoms with Gasteiger partial charge in [-0.05, 0) is 51.5 Å². The fourth-order valence-electron chi connectivity index (χ4n) is 2.72. The average molecular weight is 324 g/mol. The number of rotatable bonds is 6. The third-order valence-corrected chi connectivity index (χ3v) is 4.75. The zero-order valence-corrected chi connectivity index (χ0v) is 14.8. The molecular formula is C17H28N2O2S. The Morgan fingerprint density at radius 3 is 2.68 bits per heavy atom. The molecule has 124 valence electrons. The Morgan fingerprint density at radius 1 is 1.41 bits per heavy atom. The van der Waals surface area contributed by atoms with Crippen LogP contribution in [0.15, 0.2) is 17.5 Å². The lowest BCUT2D eigenvalue weighted by atomic mass is 9.86. The predicted octanol–water partition coefficient (Wildman–Crippen LogP) is 4.23. The number of nitrogens with one attached hydrogen (secondary N) is 2. The van der Waals surface area contributed by atoms with Gasteiger partial charge in [0.05, 0.1) is 0 Å². The lowest BCUT2D eigenvalue weighted by Gasteiger charge is -2.38. The van der Waals surface area contributed by atoms with Crippen LogP contribution < -0.4 is 10.6 Å². The van der Waals surface area contributed by atoms with Gasteiger partial charge >= 0.3 is 6.09 Å². The second-order valence-corrected chi connectivity index (χ2v) is 8.01. The molecule has 1 aliphatic carbocycles. The number of hydrogen-bond acceptors (Lipinski definition) is 4. The fourth-order valence-corrected chi connectivity index (χ4v) is 3.54. The summed E-state index contributed by atoms with van der Waals surface area (Å²) in [5.74, 6) is 0. The van der Waals surface area contributed by atoms with E-state index in [0.29, 0.717) is 12.1 Å². The number of alkyl carbamates (subject to hydrolysis) is 1. The number of ether oxygens (including phenoxy) is 1. The van der Waals surface area contributed by atoms with Gasteiger partial charge in [-0.1, -0.05) is 19.4 Å². The maximum atomic E-state index is 11.7. The van der Waals surface area contributed by atoms with E-state index >= 15 is 0 Å². The molecule has 0 radical (unpaired) electrons. The van der Waals surface area contributed by atoms with E-state index < -0.39 is 5.60 Å². The van der Waals surface area contributed by atoms with Crippen molar-refractivity contribution in [2.45, 2.75) is 77.1 Å². The molecule has 1 aliphatic rings. The highest BCUT2D eigenvalue weighted by Gasteiger charge is 2.33. The van der Waals surface area contributed by atoms with Crippen molar-refractivity contribution in [1.29, 1.82) is 0 Å². The topological polar surface area (TPSA) is 50.4 Å². The van der Waals surface area contributed by atoms with E-state index in [1.165, 1.54) is 11.3 Å². The monoisotopic (exact) mass is 324 g/mol. The normalized spacial score (nSPS) is 22.7. The van der Waals surface area contributed by atoms with Crippen molar-refractivity contribution in [2.75, 3.05) is 0 Å². The average Bonchev–Trinajstić information content (AvgIpc) is 2.86. The third-order valence-electron chi connectivity index (χ3n) is 3.76. The van der Waals surface area contributed by atoms with Gasteiger partial charge in [0.2, 0.25) is 0 Å². The van der Waals surface area contributed by atoms with Crippen molar-refractivity contribution in [2.24, 2.45) is 0 Å². The molecule has 0 aliphatic heterocycles. The van der Waals surface area contributed by atoms with Gasteiger partial charge in [0.25, 0.3) is 0 Å². The summed E-state index contributed by atoms with van der Waals surface area (Å²) in [7, 11) is 0. The van der Waals surface area contributed by atoms with Crippen LogP contribution in [0.25, 0.3) is 0 Å². The van der Waals surface area contributed by atoms with Crippen LogP contribution in [0.1, 0.15) is 64.3 Å². The number of hydrogen-bond donors (Lipinski definition) is 2. The summed E-state index contributed by atoms with van der Waals surface area (Å²) >= 11 is 1.81. The number of carbonyl (C=O) groups is 1. The van der Waals surface area contributed by atoms with E-state index in [1.54, 1.807) is 0 Å². The van der Waals surface area contributed by atoms with Crippen molar-refractivity contribution in [1.82, 2.24) is 10.6 Å². The number of amides is 1. The van der Waals surface area contributed by atoms with Crippen molar-refractivity contribution in [3.05, 3.63) is 22.4 Å². The summed E-state index contributed by atoms with van der Waals surface area (Å²) in [6, 6.07) is 5.47. The minimum Gasteiger partial charge on any atom is -0.444 e. The Hall–Kier alpha value is -1.07. The van der Waals surface area contributed by atoms with Crippen LogP contribution in [0, 0.1) is 0 Å². The summed E-state index contributed by atoms with van der Waals surface area (Å²) < 4.78 is 5.29. The molecule has 1 heterocycles. The van der Waals surface area contributed by atoms with Gasteiger partial charge in [-0.3, -0.25) is 0 Å². The molecule has 2 rings (SSSR count). The van der Waals surface area contributed by atoms with Crippen LogP contribution in [0.4, 0.5) is 4.79 Å². The first-order valence-electron chi connectivity index (χ1n) is 8.16. The lowest BCUT2D eigenvalue weighted by molar-refractivity contribution is 0.0462. The quantitative estimate of drug-likeness (QED) is 0.823. The molecule has 1 unspecified atom stereocenters. The number of carbonyl (C=O) groups excluding carboxylic acids is 1. The highest BCUT2D eigenvalue weighted by Crippen LogP contribution is 2.28. The second kappa shape index (κ2) is 7.47. The van der Waals surface area contributed by atoms with Gasteiger partial charge in [0.1, 0.15) is 5.60 Å². The summed E-state index contributed by atoms with van der Waals surface area (Å²) in [6.07, 6.45) is 3.97. The molecule has 2 N–H and O–H groups in total. The van der Waals surface area contributed by atoms with Gasteiger partial charge in [-0.2, -0.15) is 0 Å². The molecule has 0 spiro atoms. The van der Waals surface area contributed by atoms with Crippen molar-refractivity contribution in [3.8, 4) is 0 Å². The molecule has 1 aromatic heterocycles. The zero-order chi connectivity index (χ0) is 16.2. The Labute approximate surface area is 137 Å². The molecule has 0 aromatic carbocycles. The van der Waals surface area contributed by atoms with E-state index in [-0.39, 0.29) is 12.1 Å². The SMILES string of the molecule is CCCC(NC1CC(NC(=O)OC(C)(C)C)C1)c1cccs1. The summed E-state index contributed by atoms with van der Waals surface area (Å²) in [6.45, 7) is 7.87. The molecule has 1 saturated carbocycles. The molecular weight excluding hydrogens is 296 g/mol. The van der Waals surface area contributed by atoms with E-state index in [2.05, 4.69) is 35.1 Å². The van der Waals surface area contributed by atoms with Crippen LogP contribution in [-0.4, -0.2) is 23.8 Å². The molecule has 22 heavy (non-hydrogen) atoms. The standard InChI is InChI=1S/C17H28N2O2S/c1-5-7-14(15-8-6-9-22-15)18-12-10-13(11-12)19-16(20)21-17(2,3)4/h6,8-9,12-14,18H,5,7,10-11H2,1-4H3,(H,19,20). The molecule has 4 nitrogen and oxygen atoms in total. The van der Waals surface area contributed by atoms with E-state index in [9.17, 15) is 4.79 Å². The van der Waals surface area contributed by atoms with Crippen LogP contribution in [-0.2, 0) is 4.74 Å². The molecule has 1 aromatic rings. The maximum absolute atomic E-state index is 11.7. The fraction of sp³-hybridized carbons (Fsp3) is 0.706. The van der Waals surface area contributed by atoms with Crippen molar-refractivity contribution >= 4 is 17.4 Å². The Kier molecular flexibility index (Phi) is 5.87. The smallest absolute Gasteiger partial charge is 0.407 e. The van der Waals surface area contributed by atoms with E-state index in [0.717, 1.165) is 19.3 Å². The number of thiophene rings is 1. The van der Waals surface area contributed by atoms with Crippen LogP contribution in [0.5, 0.6) is 0 Å². The van der Waals surface area contributed by atoms with Crippen molar-refractivity contribution in [3.63, 3.8) is 0 Å². The van der Waals surface area contributed by atoms with Crippen LogP contribution >= 0.6 is 11.3 Å².